The van der Waals surface area contributed by atoms with Crippen LogP contribution in [0.1, 0.15) is 21.8 Å². The molecule has 2 N–H and O–H groups in total. The van der Waals surface area contributed by atoms with Crippen LogP contribution in [-0.2, 0) is 26.0 Å². The zero-order chi connectivity index (χ0) is 21.0. The Morgan fingerprint density at radius 1 is 1.14 bits per heavy atom. The number of benzene rings is 2. The summed E-state index contributed by atoms with van der Waals surface area (Å²) in [6, 6.07) is 13.2. The SMILES string of the molecule is COC(=O)NS(=O)(=O)c1ccc(NC(=O)[C@@H](C)N2CCCc3ccccc32)cc1.[HH].[HH]. The summed E-state index contributed by atoms with van der Waals surface area (Å²) in [5.74, 6) is -0.190. The summed E-state index contributed by atoms with van der Waals surface area (Å²) in [4.78, 5) is 25.9. The van der Waals surface area contributed by atoms with Crippen LogP contribution in [0.25, 0.3) is 0 Å². The minimum absolute atomic E-state index is 0. The normalized spacial score (nSPS) is 14.5. The summed E-state index contributed by atoms with van der Waals surface area (Å²) in [5, 5.41) is 2.81. The third-order valence-corrected chi connectivity index (χ3v) is 6.16. The summed E-state index contributed by atoms with van der Waals surface area (Å²) >= 11 is 0. The average Bonchev–Trinajstić information content (AvgIpc) is 2.72. The predicted molar refractivity (Wildman–Crippen MR) is 114 cm³/mol. The van der Waals surface area contributed by atoms with E-state index in [-0.39, 0.29) is 19.7 Å². The van der Waals surface area contributed by atoms with Crippen LogP contribution >= 0.6 is 0 Å². The van der Waals surface area contributed by atoms with Gasteiger partial charge in [0.2, 0.25) is 5.91 Å². The number of hydrogen-bond acceptors (Lipinski definition) is 6. The van der Waals surface area contributed by atoms with E-state index in [2.05, 4.69) is 21.0 Å². The molecule has 1 atom stereocenters. The highest BCUT2D eigenvalue weighted by atomic mass is 32.2. The van der Waals surface area contributed by atoms with Crippen LogP contribution in [-0.4, -0.2) is 40.1 Å². The maximum Gasteiger partial charge on any atom is 0.420 e. The van der Waals surface area contributed by atoms with Crippen LogP contribution in [0.5, 0.6) is 0 Å². The second-order valence-electron chi connectivity index (χ2n) is 6.71. The number of carbonyl (C=O) groups excluding carboxylic acids is 2. The predicted octanol–water partition coefficient (Wildman–Crippen LogP) is 3.00. The lowest BCUT2D eigenvalue weighted by atomic mass is 10.00. The monoisotopic (exact) mass is 421 g/mol. The first-order valence-electron chi connectivity index (χ1n) is 9.18. The zero-order valence-electron chi connectivity index (χ0n) is 16.2. The Kier molecular flexibility index (Phi) is 6.07. The Bertz CT molecular complexity index is 1020. The van der Waals surface area contributed by atoms with E-state index in [1.54, 1.807) is 4.72 Å². The molecular formula is C20H27N3O5S. The summed E-state index contributed by atoms with van der Waals surface area (Å²) in [5.41, 5.74) is 2.76. The van der Waals surface area contributed by atoms with E-state index in [4.69, 9.17) is 0 Å². The Hall–Kier alpha value is -3.07. The minimum Gasteiger partial charge on any atom is -0.452 e. The number of ether oxygens (including phenoxy) is 1. The summed E-state index contributed by atoms with van der Waals surface area (Å²) in [6.07, 6.45) is 0.906. The minimum atomic E-state index is -4.03. The molecule has 0 aromatic heterocycles. The van der Waals surface area contributed by atoms with Crippen molar-refractivity contribution in [2.45, 2.75) is 30.7 Å². The average molecular weight is 422 g/mol. The molecule has 0 fully saturated rings. The van der Waals surface area contributed by atoms with E-state index in [1.807, 2.05) is 25.1 Å². The molecule has 158 valence electrons. The molecule has 0 spiro atoms. The molecule has 2 aromatic carbocycles. The second kappa shape index (κ2) is 8.52. The van der Waals surface area contributed by atoms with Gasteiger partial charge in [-0.3, -0.25) is 4.79 Å². The van der Waals surface area contributed by atoms with Crippen molar-refractivity contribution >= 4 is 33.4 Å². The van der Waals surface area contributed by atoms with Crippen molar-refractivity contribution in [1.29, 1.82) is 0 Å². The lowest BCUT2D eigenvalue weighted by Gasteiger charge is -2.35. The molecule has 0 unspecified atom stereocenters. The van der Waals surface area contributed by atoms with Crippen molar-refractivity contribution in [3.8, 4) is 0 Å². The molecule has 0 saturated carbocycles. The zero-order valence-corrected chi connectivity index (χ0v) is 17.0. The van der Waals surface area contributed by atoms with E-state index >= 15 is 0 Å². The van der Waals surface area contributed by atoms with Gasteiger partial charge in [0.05, 0.1) is 12.0 Å². The van der Waals surface area contributed by atoms with Gasteiger partial charge >= 0.3 is 6.09 Å². The van der Waals surface area contributed by atoms with Gasteiger partial charge < -0.3 is 15.0 Å². The number of fused-ring (bicyclic) bond motifs is 1. The molecule has 1 aliphatic heterocycles. The van der Waals surface area contributed by atoms with Crippen LogP contribution in [0.15, 0.2) is 53.4 Å². The van der Waals surface area contributed by atoms with Gasteiger partial charge in [-0.05, 0) is 55.7 Å². The molecule has 3 rings (SSSR count). The van der Waals surface area contributed by atoms with Crippen LogP contribution in [0.4, 0.5) is 16.2 Å². The van der Waals surface area contributed by atoms with Crippen molar-refractivity contribution < 1.29 is 25.6 Å². The molecule has 8 nitrogen and oxygen atoms in total. The molecule has 0 radical (unpaired) electrons. The highest BCUT2D eigenvalue weighted by Gasteiger charge is 2.26. The van der Waals surface area contributed by atoms with Gasteiger partial charge in [-0.1, -0.05) is 18.2 Å². The first-order chi connectivity index (χ1) is 13.8. The largest absolute Gasteiger partial charge is 0.452 e. The number of amides is 2. The van der Waals surface area contributed by atoms with E-state index < -0.39 is 16.1 Å². The van der Waals surface area contributed by atoms with Gasteiger partial charge in [0.15, 0.2) is 0 Å². The molecule has 0 bridgehead atoms. The molecule has 29 heavy (non-hydrogen) atoms. The van der Waals surface area contributed by atoms with Crippen molar-refractivity contribution in [2.24, 2.45) is 0 Å². The highest BCUT2D eigenvalue weighted by molar-refractivity contribution is 7.90. The second-order valence-corrected chi connectivity index (χ2v) is 8.39. The third-order valence-electron chi connectivity index (χ3n) is 4.83. The van der Waals surface area contributed by atoms with Crippen molar-refractivity contribution in [3.63, 3.8) is 0 Å². The summed E-state index contributed by atoms with van der Waals surface area (Å²) < 4.78 is 30.2. The fraction of sp³-hybridized carbons (Fsp3) is 0.300. The topological polar surface area (TPSA) is 105 Å². The quantitative estimate of drug-likeness (QED) is 0.769. The maximum atomic E-state index is 12.7. The Morgan fingerprint density at radius 2 is 1.83 bits per heavy atom. The molecule has 9 heteroatoms. The van der Waals surface area contributed by atoms with Crippen LogP contribution < -0.4 is 14.9 Å². The number of anilines is 2. The summed E-state index contributed by atoms with van der Waals surface area (Å²) in [7, 11) is -2.95. The molecule has 2 amide bonds. The van der Waals surface area contributed by atoms with Gasteiger partial charge in [0.25, 0.3) is 10.0 Å². The standard InChI is InChI=1S/C20H23N3O5S.2H2/c1-14(23-13-5-7-15-6-3-4-8-18(15)23)19(24)21-16-9-11-17(12-10-16)29(26,27)22-20(25)28-2;;/h3-4,6,8-12,14H,5,7,13H2,1-2H3,(H,21,24)(H,22,25);2*1H/t14-;;/m1../s1. The van der Waals surface area contributed by atoms with Crippen LogP contribution in [0.3, 0.4) is 0 Å². The van der Waals surface area contributed by atoms with E-state index in [9.17, 15) is 18.0 Å². The molecular weight excluding hydrogens is 394 g/mol. The number of para-hydroxylation sites is 1. The Balaban J connectivity index is 0.00000240. The van der Waals surface area contributed by atoms with Gasteiger partial charge in [-0.25, -0.2) is 17.9 Å². The fourth-order valence-electron chi connectivity index (χ4n) is 3.28. The lowest BCUT2D eigenvalue weighted by molar-refractivity contribution is -0.117. The number of nitrogens with one attached hydrogen (secondary N) is 2. The van der Waals surface area contributed by atoms with E-state index in [0.717, 1.165) is 32.2 Å². The molecule has 0 aliphatic carbocycles. The fourth-order valence-corrected chi connectivity index (χ4v) is 4.20. The van der Waals surface area contributed by atoms with Gasteiger partial charge in [0, 0.05) is 20.8 Å². The Morgan fingerprint density at radius 3 is 2.52 bits per heavy atom. The third kappa shape index (κ3) is 4.68. The first kappa shape index (κ1) is 20.7. The number of methoxy groups -OCH3 is 1. The van der Waals surface area contributed by atoms with E-state index in [0.29, 0.717) is 5.69 Å². The smallest absolute Gasteiger partial charge is 0.420 e. The number of aryl methyl sites for hydroxylation is 1. The van der Waals surface area contributed by atoms with Crippen molar-refractivity contribution in [1.82, 2.24) is 4.72 Å². The van der Waals surface area contributed by atoms with Crippen LogP contribution in [0.2, 0.25) is 0 Å². The van der Waals surface area contributed by atoms with Crippen LogP contribution in [0, 0.1) is 0 Å². The molecule has 1 aliphatic rings. The van der Waals surface area contributed by atoms with Gasteiger partial charge in [-0.15, -0.1) is 0 Å². The number of sulfonamides is 1. The number of rotatable bonds is 5. The maximum absolute atomic E-state index is 12.7. The molecule has 2 aromatic rings. The number of hydrogen-bond donors (Lipinski definition) is 2. The number of nitrogens with zero attached hydrogens (tertiary/aromatic N) is 1. The lowest BCUT2D eigenvalue weighted by Crippen LogP contribution is -2.44. The Labute approximate surface area is 172 Å². The first-order valence-corrected chi connectivity index (χ1v) is 10.7. The van der Waals surface area contributed by atoms with Gasteiger partial charge in [-0.2, -0.15) is 0 Å². The van der Waals surface area contributed by atoms with Crippen molar-refractivity contribution in [3.05, 3.63) is 54.1 Å². The van der Waals surface area contributed by atoms with Crippen molar-refractivity contribution in [2.75, 3.05) is 23.9 Å². The molecule has 0 saturated heterocycles. The highest BCUT2D eigenvalue weighted by Crippen LogP contribution is 2.28. The summed E-state index contributed by atoms with van der Waals surface area (Å²) in [6.45, 7) is 2.64. The van der Waals surface area contributed by atoms with Gasteiger partial charge in [0.1, 0.15) is 6.04 Å². The number of carbonyl (C=O) groups is 2. The molecule has 1 heterocycles. The van der Waals surface area contributed by atoms with E-state index in [1.165, 1.54) is 29.8 Å².